The number of amides is 1. The van der Waals surface area contributed by atoms with Crippen molar-refractivity contribution in [3.8, 4) is 0 Å². The Bertz CT molecular complexity index is 770. The zero-order chi connectivity index (χ0) is 14.2. The Hall–Kier alpha value is -1.85. The first-order valence-corrected chi connectivity index (χ1v) is 8.40. The van der Waals surface area contributed by atoms with Gasteiger partial charge in [0.15, 0.2) is 5.13 Å². The summed E-state index contributed by atoms with van der Waals surface area (Å²) in [4.78, 5) is 18.1. The van der Waals surface area contributed by atoms with Crippen LogP contribution in [0.2, 0.25) is 0 Å². The highest BCUT2D eigenvalue weighted by Crippen LogP contribution is 2.37. The van der Waals surface area contributed by atoms with Gasteiger partial charge in [-0.15, -0.1) is 11.8 Å². The first-order chi connectivity index (χ1) is 10.3. The quantitative estimate of drug-likeness (QED) is 0.779. The topological polar surface area (TPSA) is 42.0 Å². The molecule has 0 bridgehead atoms. The number of thiazole rings is 1. The molecule has 1 aliphatic rings. The van der Waals surface area contributed by atoms with Crippen molar-refractivity contribution in [3.63, 3.8) is 0 Å². The van der Waals surface area contributed by atoms with Gasteiger partial charge in [-0.2, -0.15) is 0 Å². The van der Waals surface area contributed by atoms with E-state index in [0.29, 0.717) is 5.13 Å². The molecule has 1 atom stereocenters. The Balaban J connectivity index is 1.52. The van der Waals surface area contributed by atoms with E-state index in [1.807, 2.05) is 36.4 Å². The predicted molar refractivity (Wildman–Crippen MR) is 88.0 cm³/mol. The molecule has 1 aromatic heterocycles. The van der Waals surface area contributed by atoms with E-state index < -0.39 is 0 Å². The van der Waals surface area contributed by atoms with Gasteiger partial charge in [0.05, 0.1) is 15.5 Å². The van der Waals surface area contributed by atoms with E-state index in [1.54, 1.807) is 11.8 Å². The number of hydrogen-bond acceptors (Lipinski definition) is 4. The lowest BCUT2D eigenvalue weighted by Crippen LogP contribution is -2.24. The number of nitrogens with zero attached hydrogens (tertiary/aromatic N) is 1. The summed E-state index contributed by atoms with van der Waals surface area (Å²) in [6.45, 7) is 0. The summed E-state index contributed by atoms with van der Waals surface area (Å²) < 4.78 is 1.09. The van der Waals surface area contributed by atoms with Gasteiger partial charge in [-0.05, 0) is 30.2 Å². The van der Waals surface area contributed by atoms with Crippen molar-refractivity contribution in [2.45, 2.75) is 16.6 Å². The molecule has 1 amide bonds. The molecule has 21 heavy (non-hydrogen) atoms. The second-order valence-electron chi connectivity index (χ2n) is 4.89. The van der Waals surface area contributed by atoms with Gasteiger partial charge in [-0.3, -0.25) is 4.79 Å². The van der Waals surface area contributed by atoms with Crippen LogP contribution in [0.4, 0.5) is 5.13 Å². The van der Waals surface area contributed by atoms with Crippen molar-refractivity contribution in [1.82, 2.24) is 4.98 Å². The molecule has 0 spiro atoms. The Kier molecular flexibility index (Phi) is 3.16. The Morgan fingerprint density at radius 3 is 2.81 bits per heavy atom. The molecule has 0 saturated carbocycles. The summed E-state index contributed by atoms with van der Waals surface area (Å²) in [5, 5.41) is 3.57. The van der Waals surface area contributed by atoms with Crippen LogP contribution >= 0.6 is 23.1 Å². The molecule has 2 aromatic carbocycles. The van der Waals surface area contributed by atoms with Crippen molar-refractivity contribution >= 4 is 44.4 Å². The fourth-order valence-electron chi connectivity index (χ4n) is 2.44. The van der Waals surface area contributed by atoms with Gasteiger partial charge < -0.3 is 5.32 Å². The third-order valence-corrected chi connectivity index (χ3v) is 5.73. The number of carbonyl (C=O) groups excluding carboxylic acids is 1. The number of anilines is 1. The maximum Gasteiger partial charge on any atom is 0.239 e. The van der Waals surface area contributed by atoms with Gasteiger partial charge in [-0.1, -0.05) is 41.7 Å². The maximum atomic E-state index is 12.4. The highest BCUT2D eigenvalue weighted by atomic mass is 32.2. The molecule has 3 nitrogen and oxygen atoms in total. The first-order valence-electron chi connectivity index (χ1n) is 6.70. The summed E-state index contributed by atoms with van der Waals surface area (Å²) >= 11 is 3.15. The lowest BCUT2D eigenvalue weighted by Gasteiger charge is -2.07. The minimum atomic E-state index is -0.0607. The lowest BCUT2D eigenvalue weighted by molar-refractivity contribution is -0.115. The van der Waals surface area contributed by atoms with Crippen LogP contribution in [-0.4, -0.2) is 16.1 Å². The highest BCUT2D eigenvalue weighted by molar-refractivity contribution is 8.01. The van der Waals surface area contributed by atoms with Crippen LogP contribution in [0.25, 0.3) is 10.2 Å². The summed E-state index contributed by atoms with van der Waals surface area (Å²) in [5.74, 6) is 0.0373. The number of rotatable bonds is 2. The third kappa shape index (κ3) is 2.43. The van der Waals surface area contributed by atoms with Crippen molar-refractivity contribution < 1.29 is 4.79 Å². The Morgan fingerprint density at radius 2 is 1.95 bits per heavy atom. The van der Waals surface area contributed by atoms with Crippen LogP contribution in [0.5, 0.6) is 0 Å². The van der Waals surface area contributed by atoms with Gasteiger partial charge in [-0.25, -0.2) is 4.98 Å². The fourth-order valence-corrected chi connectivity index (χ4v) is 4.50. The average molecular weight is 312 g/mol. The van der Waals surface area contributed by atoms with Crippen molar-refractivity contribution in [1.29, 1.82) is 0 Å². The van der Waals surface area contributed by atoms with Gasteiger partial charge >= 0.3 is 0 Å². The second-order valence-corrected chi connectivity index (χ2v) is 7.17. The molecule has 1 N–H and O–H groups in total. The number of thioether (sulfide) groups is 1. The van der Waals surface area contributed by atoms with Gasteiger partial charge in [0.2, 0.25) is 5.91 Å². The Morgan fingerprint density at radius 1 is 1.14 bits per heavy atom. The molecule has 3 aromatic rings. The molecular formula is C16H12N2OS2. The molecular weight excluding hydrogens is 300 g/mol. The van der Waals surface area contributed by atoms with E-state index in [2.05, 4.69) is 22.4 Å². The minimum absolute atomic E-state index is 0.0373. The molecule has 0 saturated heterocycles. The van der Waals surface area contributed by atoms with E-state index in [0.717, 1.165) is 16.6 Å². The molecule has 0 unspecified atom stereocenters. The fraction of sp³-hybridized carbons (Fsp3) is 0.125. The summed E-state index contributed by atoms with van der Waals surface area (Å²) in [6.07, 6.45) is 0.789. The number of para-hydroxylation sites is 1. The molecule has 4 rings (SSSR count). The van der Waals surface area contributed by atoms with Crippen LogP contribution in [0.3, 0.4) is 0 Å². The van der Waals surface area contributed by atoms with Crippen LogP contribution < -0.4 is 5.32 Å². The zero-order valence-corrected chi connectivity index (χ0v) is 12.7. The first kappa shape index (κ1) is 12.9. The second kappa shape index (κ2) is 5.16. The van der Waals surface area contributed by atoms with Crippen LogP contribution in [0.15, 0.2) is 53.4 Å². The van der Waals surface area contributed by atoms with E-state index in [9.17, 15) is 4.79 Å². The molecule has 0 radical (unpaired) electrons. The normalized spacial score (nSPS) is 16.9. The van der Waals surface area contributed by atoms with E-state index in [1.165, 1.54) is 21.8 Å². The van der Waals surface area contributed by atoms with Crippen molar-refractivity contribution in [3.05, 3.63) is 54.1 Å². The molecule has 0 fully saturated rings. The number of hydrogen-bond donors (Lipinski definition) is 1. The van der Waals surface area contributed by atoms with E-state index in [4.69, 9.17) is 0 Å². The SMILES string of the molecule is O=C(Nc1nc2ccccc2s1)[C@@H]1Cc2ccccc2S1. The third-order valence-electron chi connectivity index (χ3n) is 3.46. The monoisotopic (exact) mass is 312 g/mol. The van der Waals surface area contributed by atoms with Gasteiger partial charge in [0.1, 0.15) is 0 Å². The number of carbonyl (C=O) groups is 1. The summed E-state index contributed by atoms with van der Waals surface area (Å²) in [7, 11) is 0. The van der Waals surface area contributed by atoms with Gasteiger partial charge in [0.25, 0.3) is 0 Å². The number of nitrogens with one attached hydrogen (secondary N) is 1. The van der Waals surface area contributed by atoms with Crippen LogP contribution in [0.1, 0.15) is 5.56 Å². The number of aromatic nitrogens is 1. The number of benzene rings is 2. The largest absolute Gasteiger partial charge is 0.301 e. The zero-order valence-electron chi connectivity index (χ0n) is 11.1. The molecule has 5 heteroatoms. The van der Waals surface area contributed by atoms with Crippen LogP contribution in [-0.2, 0) is 11.2 Å². The Labute approximate surface area is 130 Å². The van der Waals surface area contributed by atoms with E-state index in [-0.39, 0.29) is 11.2 Å². The van der Waals surface area contributed by atoms with Crippen LogP contribution in [0, 0.1) is 0 Å². The molecule has 2 heterocycles. The minimum Gasteiger partial charge on any atom is -0.301 e. The van der Waals surface area contributed by atoms with Crippen molar-refractivity contribution in [2.24, 2.45) is 0 Å². The highest BCUT2D eigenvalue weighted by Gasteiger charge is 2.28. The van der Waals surface area contributed by atoms with E-state index >= 15 is 0 Å². The standard InChI is InChI=1S/C16H12N2OS2/c19-15(14-9-10-5-1-3-7-12(10)20-14)18-16-17-11-6-2-4-8-13(11)21-16/h1-8,14H,9H2,(H,17,18,19)/t14-/m0/s1. The molecule has 104 valence electrons. The molecule has 1 aliphatic heterocycles. The van der Waals surface area contributed by atoms with Crippen molar-refractivity contribution in [2.75, 3.05) is 5.32 Å². The smallest absolute Gasteiger partial charge is 0.239 e. The average Bonchev–Trinajstić information content (AvgIpc) is 3.10. The number of fused-ring (bicyclic) bond motifs is 2. The van der Waals surface area contributed by atoms with Gasteiger partial charge in [0, 0.05) is 4.90 Å². The lowest BCUT2D eigenvalue weighted by atomic mass is 10.1. The molecule has 0 aliphatic carbocycles. The summed E-state index contributed by atoms with van der Waals surface area (Å²) in [6, 6.07) is 16.1. The predicted octanol–water partition coefficient (Wildman–Crippen LogP) is 3.95. The summed E-state index contributed by atoms with van der Waals surface area (Å²) in [5.41, 5.74) is 2.19. The maximum absolute atomic E-state index is 12.4.